The van der Waals surface area contributed by atoms with Crippen LogP contribution in [-0.2, 0) is 6.18 Å². The molecule has 0 saturated heterocycles. The third-order valence-corrected chi connectivity index (χ3v) is 3.15. The Bertz CT molecular complexity index is 724. The van der Waals surface area contributed by atoms with Crippen molar-refractivity contribution in [3.05, 3.63) is 71.4 Å². The lowest BCUT2D eigenvalue weighted by molar-refractivity contribution is -0.136. The fraction of sp³-hybridized carbons (Fsp3) is 0.118. The van der Waals surface area contributed by atoms with Crippen molar-refractivity contribution in [3.8, 4) is 0 Å². The molecule has 2 aromatic rings. The number of carbonyl (C=O) groups is 1. The number of para-hydroxylation sites is 1. The van der Waals surface area contributed by atoms with Crippen LogP contribution in [0.1, 0.15) is 16.7 Å². The third kappa shape index (κ3) is 4.60. The predicted octanol–water partition coefficient (Wildman–Crippen LogP) is 4.81. The Hall–Kier alpha value is -2.76. The minimum Gasteiger partial charge on any atom is -0.314 e. The first kappa shape index (κ1) is 16.6. The highest BCUT2D eigenvalue weighted by Gasteiger charge is 2.33. The lowest BCUT2D eigenvalue weighted by Crippen LogP contribution is -2.25. The Kier molecular flexibility index (Phi) is 5.05. The number of aryl methyl sites for hydroxylation is 1. The zero-order valence-electron chi connectivity index (χ0n) is 12.3. The largest absolute Gasteiger partial charge is 0.418 e. The van der Waals surface area contributed by atoms with E-state index in [4.69, 9.17) is 0 Å². The monoisotopic (exact) mass is 320 g/mol. The molecular formula is C17H15F3N2O. The first-order chi connectivity index (χ1) is 10.9. The van der Waals surface area contributed by atoms with Crippen LogP contribution in [0.5, 0.6) is 0 Å². The maximum absolute atomic E-state index is 12.8. The van der Waals surface area contributed by atoms with E-state index < -0.39 is 17.8 Å². The second-order valence-electron chi connectivity index (χ2n) is 4.83. The van der Waals surface area contributed by atoms with Crippen LogP contribution in [0.4, 0.5) is 23.7 Å². The second kappa shape index (κ2) is 7.00. The van der Waals surface area contributed by atoms with Crippen molar-refractivity contribution in [1.82, 2.24) is 5.32 Å². The zero-order chi connectivity index (χ0) is 16.9. The lowest BCUT2D eigenvalue weighted by atomic mass is 10.1. The number of hydrogen-bond donors (Lipinski definition) is 2. The lowest BCUT2D eigenvalue weighted by Gasteiger charge is -2.13. The van der Waals surface area contributed by atoms with Gasteiger partial charge < -0.3 is 10.6 Å². The highest BCUT2D eigenvalue weighted by molar-refractivity contribution is 5.91. The van der Waals surface area contributed by atoms with Gasteiger partial charge in [0.2, 0.25) is 0 Å². The number of hydrogen-bond acceptors (Lipinski definition) is 1. The molecule has 0 unspecified atom stereocenters. The molecule has 120 valence electrons. The van der Waals surface area contributed by atoms with E-state index in [1.165, 1.54) is 24.4 Å². The Morgan fingerprint density at radius 3 is 2.39 bits per heavy atom. The van der Waals surface area contributed by atoms with E-state index in [9.17, 15) is 18.0 Å². The smallest absolute Gasteiger partial charge is 0.314 e. The summed E-state index contributed by atoms with van der Waals surface area (Å²) in [6.45, 7) is 1.92. The van der Waals surface area contributed by atoms with Gasteiger partial charge in [-0.1, -0.05) is 36.4 Å². The van der Waals surface area contributed by atoms with Gasteiger partial charge in [-0.3, -0.25) is 0 Å². The summed E-state index contributed by atoms with van der Waals surface area (Å²) in [6, 6.07) is 11.6. The molecule has 0 saturated carbocycles. The topological polar surface area (TPSA) is 41.1 Å². The van der Waals surface area contributed by atoms with Crippen molar-refractivity contribution in [2.75, 3.05) is 5.32 Å². The maximum Gasteiger partial charge on any atom is 0.418 e. The number of carbonyl (C=O) groups excluding carboxylic acids is 1. The van der Waals surface area contributed by atoms with Crippen LogP contribution in [0.15, 0.2) is 54.7 Å². The van der Waals surface area contributed by atoms with Crippen LogP contribution in [0.25, 0.3) is 6.08 Å². The van der Waals surface area contributed by atoms with E-state index in [0.717, 1.165) is 17.2 Å². The first-order valence-corrected chi connectivity index (χ1v) is 6.84. The summed E-state index contributed by atoms with van der Waals surface area (Å²) >= 11 is 0. The van der Waals surface area contributed by atoms with Crippen LogP contribution in [0, 0.1) is 6.92 Å². The molecule has 2 aromatic carbocycles. The molecule has 0 aromatic heterocycles. The van der Waals surface area contributed by atoms with Crippen LogP contribution in [-0.4, -0.2) is 6.03 Å². The van der Waals surface area contributed by atoms with Gasteiger partial charge in [0.15, 0.2) is 0 Å². The number of amides is 2. The average Bonchev–Trinajstić information content (AvgIpc) is 2.49. The third-order valence-electron chi connectivity index (χ3n) is 3.15. The SMILES string of the molecule is Cc1ccccc1/C=C/NC(=O)Nc1ccccc1C(F)(F)F. The molecule has 0 spiro atoms. The van der Waals surface area contributed by atoms with Gasteiger partial charge in [0.25, 0.3) is 0 Å². The molecule has 0 radical (unpaired) electrons. The number of urea groups is 1. The molecule has 2 amide bonds. The molecule has 2 rings (SSSR count). The van der Waals surface area contributed by atoms with Crippen molar-refractivity contribution in [3.63, 3.8) is 0 Å². The van der Waals surface area contributed by atoms with Crippen molar-refractivity contribution in [1.29, 1.82) is 0 Å². The van der Waals surface area contributed by atoms with E-state index in [1.54, 1.807) is 6.08 Å². The maximum atomic E-state index is 12.8. The normalized spacial score (nSPS) is 11.5. The summed E-state index contributed by atoms with van der Waals surface area (Å²) in [4.78, 5) is 11.7. The molecule has 3 nitrogen and oxygen atoms in total. The second-order valence-corrected chi connectivity index (χ2v) is 4.83. The Morgan fingerprint density at radius 1 is 1.04 bits per heavy atom. The molecular weight excluding hydrogens is 305 g/mol. The summed E-state index contributed by atoms with van der Waals surface area (Å²) in [7, 11) is 0. The number of rotatable bonds is 3. The molecule has 0 heterocycles. The van der Waals surface area contributed by atoms with Gasteiger partial charge in [0, 0.05) is 6.20 Å². The van der Waals surface area contributed by atoms with Gasteiger partial charge in [-0.25, -0.2) is 4.79 Å². The van der Waals surface area contributed by atoms with E-state index in [0.29, 0.717) is 0 Å². The highest BCUT2D eigenvalue weighted by Crippen LogP contribution is 2.34. The zero-order valence-corrected chi connectivity index (χ0v) is 12.3. The summed E-state index contributed by atoms with van der Waals surface area (Å²) in [6.07, 6.45) is -1.47. The minimum absolute atomic E-state index is 0.290. The Balaban J connectivity index is 2.03. The summed E-state index contributed by atoms with van der Waals surface area (Å²) in [5.41, 5.74) is 0.747. The number of alkyl halides is 3. The minimum atomic E-state index is -4.53. The van der Waals surface area contributed by atoms with Crippen molar-refractivity contribution < 1.29 is 18.0 Å². The summed E-state index contributed by atoms with van der Waals surface area (Å²) in [5.74, 6) is 0. The summed E-state index contributed by atoms with van der Waals surface area (Å²) < 4.78 is 38.5. The first-order valence-electron chi connectivity index (χ1n) is 6.84. The standard InChI is InChI=1S/C17H15F3N2O/c1-12-6-2-3-7-13(12)10-11-21-16(23)22-15-9-5-4-8-14(15)17(18,19)20/h2-11H,1H3,(H2,21,22,23)/b11-10+. The molecule has 0 aliphatic carbocycles. The number of benzene rings is 2. The van der Waals surface area contributed by atoms with Gasteiger partial charge in [0.05, 0.1) is 11.3 Å². The molecule has 0 fully saturated rings. The van der Waals surface area contributed by atoms with Gasteiger partial charge in [-0.2, -0.15) is 13.2 Å². The van der Waals surface area contributed by atoms with E-state index in [-0.39, 0.29) is 5.69 Å². The molecule has 0 aliphatic rings. The highest BCUT2D eigenvalue weighted by atomic mass is 19.4. The fourth-order valence-corrected chi connectivity index (χ4v) is 1.98. The van der Waals surface area contributed by atoms with Crippen LogP contribution in [0.3, 0.4) is 0 Å². The number of halogens is 3. The van der Waals surface area contributed by atoms with Gasteiger partial charge >= 0.3 is 12.2 Å². The van der Waals surface area contributed by atoms with Crippen LogP contribution < -0.4 is 10.6 Å². The van der Waals surface area contributed by atoms with E-state index in [1.807, 2.05) is 31.2 Å². The average molecular weight is 320 g/mol. The number of anilines is 1. The Morgan fingerprint density at radius 2 is 1.70 bits per heavy atom. The van der Waals surface area contributed by atoms with E-state index >= 15 is 0 Å². The quantitative estimate of drug-likeness (QED) is 0.837. The van der Waals surface area contributed by atoms with Crippen molar-refractivity contribution >= 4 is 17.8 Å². The molecule has 23 heavy (non-hydrogen) atoms. The summed E-state index contributed by atoms with van der Waals surface area (Å²) in [5, 5.41) is 4.58. The molecule has 6 heteroatoms. The van der Waals surface area contributed by atoms with Gasteiger partial charge in [-0.05, 0) is 36.3 Å². The molecule has 0 atom stereocenters. The van der Waals surface area contributed by atoms with Gasteiger partial charge in [0.1, 0.15) is 0 Å². The van der Waals surface area contributed by atoms with E-state index in [2.05, 4.69) is 10.6 Å². The van der Waals surface area contributed by atoms with Crippen LogP contribution in [0.2, 0.25) is 0 Å². The van der Waals surface area contributed by atoms with Crippen molar-refractivity contribution in [2.45, 2.75) is 13.1 Å². The molecule has 2 N–H and O–H groups in total. The van der Waals surface area contributed by atoms with Crippen molar-refractivity contribution in [2.24, 2.45) is 0 Å². The van der Waals surface area contributed by atoms with Gasteiger partial charge in [-0.15, -0.1) is 0 Å². The predicted molar refractivity (Wildman–Crippen MR) is 83.8 cm³/mol. The van der Waals surface area contributed by atoms with Crippen LogP contribution >= 0.6 is 0 Å². The Labute approximate surface area is 131 Å². The fourth-order valence-electron chi connectivity index (χ4n) is 1.98. The number of nitrogens with one attached hydrogen (secondary N) is 2. The molecule has 0 aliphatic heterocycles. The molecule has 0 bridgehead atoms.